The number of aliphatic hydroxyl groups is 1. The number of benzene rings is 1. The zero-order chi connectivity index (χ0) is 15.1. The Labute approximate surface area is 129 Å². The molecule has 0 unspecified atom stereocenters. The third-order valence-electron chi connectivity index (χ3n) is 4.75. The van der Waals surface area contributed by atoms with Gasteiger partial charge in [0.1, 0.15) is 0 Å². The molecule has 0 radical (unpaired) electrons. The second-order valence-electron chi connectivity index (χ2n) is 6.17. The van der Waals surface area contributed by atoms with Crippen LogP contribution in [-0.2, 0) is 6.54 Å². The van der Waals surface area contributed by atoms with Crippen LogP contribution in [0.25, 0.3) is 0 Å². The van der Waals surface area contributed by atoms with E-state index in [2.05, 4.69) is 48.3 Å². The molecule has 1 fully saturated rings. The van der Waals surface area contributed by atoms with Gasteiger partial charge in [0.25, 0.3) is 0 Å². The minimum atomic E-state index is 0.342. The molecule has 2 rings (SSSR count). The first-order chi connectivity index (χ1) is 10.3. The quantitative estimate of drug-likeness (QED) is 0.809. The van der Waals surface area contributed by atoms with E-state index in [0.717, 1.165) is 32.5 Å². The van der Waals surface area contributed by atoms with Crippen molar-refractivity contribution in [2.45, 2.75) is 52.1 Å². The van der Waals surface area contributed by atoms with Gasteiger partial charge in [0.15, 0.2) is 0 Å². The van der Waals surface area contributed by atoms with Gasteiger partial charge in [0.05, 0.1) is 0 Å². The van der Waals surface area contributed by atoms with Crippen LogP contribution in [0.3, 0.4) is 0 Å². The molecule has 0 atom stereocenters. The van der Waals surface area contributed by atoms with Crippen LogP contribution < -0.4 is 10.2 Å². The van der Waals surface area contributed by atoms with Gasteiger partial charge in [-0.2, -0.15) is 0 Å². The highest BCUT2D eigenvalue weighted by molar-refractivity contribution is 5.48. The average Bonchev–Trinajstić information content (AvgIpc) is 2.56. The molecule has 118 valence electrons. The number of rotatable bonds is 7. The Morgan fingerprint density at radius 1 is 1.14 bits per heavy atom. The second-order valence-corrected chi connectivity index (χ2v) is 6.17. The SMILES string of the molecule is CCC(CC)NCc1ccc(N2CCC(CO)CC2)cc1. The summed E-state index contributed by atoms with van der Waals surface area (Å²) in [7, 11) is 0. The third-order valence-corrected chi connectivity index (χ3v) is 4.75. The lowest BCUT2D eigenvalue weighted by Gasteiger charge is -2.33. The van der Waals surface area contributed by atoms with Crippen LogP contribution in [0.1, 0.15) is 45.1 Å². The van der Waals surface area contributed by atoms with Gasteiger partial charge in [-0.05, 0) is 49.3 Å². The van der Waals surface area contributed by atoms with Crippen LogP contribution in [0.5, 0.6) is 0 Å². The molecule has 0 aromatic heterocycles. The highest BCUT2D eigenvalue weighted by Crippen LogP contribution is 2.23. The van der Waals surface area contributed by atoms with Crippen molar-refractivity contribution in [3.63, 3.8) is 0 Å². The van der Waals surface area contributed by atoms with E-state index in [1.165, 1.54) is 24.1 Å². The Bertz CT molecular complexity index is 392. The first kappa shape index (κ1) is 16.3. The Morgan fingerprint density at radius 3 is 2.29 bits per heavy atom. The largest absolute Gasteiger partial charge is 0.396 e. The first-order valence-electron chi connectivity index (χ1n) is 8.44. The molecule has 21 heavy (non-hydrogen) atoms. The fourth-order valence-corrected chi connectivity index (χ4v) is 3.04. The van der Waals surface area contributed by atoms with Crippen molar-refractivity contribution >= 4 is 5.69 Å². The van der Waals surface area contributed by atoms with Crippen LogP contribution >= 0.6 is 0 Å². The predicted molar refractivity (Wildman–Crippen MR) is 89.7 cm³/mol. The molecule has 0 amide bonds. The lowest BCUT2D eigenvalue weighted by molar-refractivity contribution is 0.203. The average molecular weight is 290 g/mol. The zero-order valence-electron chi connectivity index (χ0n) is 13.5. The maximum Gasteiger partial charge on any atom is 0.0460 e. The normalized spacial score (nSPS) is 16.7. The molecule has 1 heterocycles. The van der Waals surface area contributed by atoms with Crippen molar-refractivity contribution in [3.05, 3.63) is 29.8 Å². The molecule has 2 N–H and O–H groups in total. The number of aliphatic hydroxyl groups excluding tert-OH is 1. The molecular weight excluding hydrogens is 260 g/mol. The van der Waals surface area contributed by atoms with Gasteiger partial charge in [0, 0.05) is 38.0 Å². The summed E-state index contributed by atoms with van der Waals surface area (Å²) in [4.78, 5) is 2.43. The molecule has 0 aliphatic carbocycles. The van der Waals surface area contributed by atoms with Crippen molar-refractivity contribution in [1.82, 2.24) is 5.32 Å². The van der Waals surface area contributed by atoms with Crippen LogP contribution in [-0.4, -0.2) is 30.8 Å². The summed E-state index contributed by atoms with van der Waals surface area (Å²) < 4.78 is 0. The lowest BCUT2D eigenvalue weighted by Crippen LogP contribution is -2.34. The summed E-state index contributed by atoms with van der Waals surface area (Å²) in [6, 6.07) is 9.58. The number of nitrogens with one attached hydrogen (secondary N) is 1. The zero-order valence-corrected chi connectivity index (χ0v) is 13.5. The molecule has 1 aromatic rings. The summed E-state index contributed by atoms with van der Waals surface area (Å²) in [5, 5.41) is 12.8. The number of piperidine rings is 1. The Balaban J connectivity index is 1.84. The summed E-state index contributed by atoms with van der Waals surface area (Å²) >= 11 is 0. The van der Waals surface area contributed by atoms with Gasteiger partial charge in [-0.3, -0.25) is 0 Å². The minimum absolute atomic E-state index is 0.342. The second kappa shape index (κ2) is 8.40. The van der Waals surface area contributed by atoms with Gasteiger partial charge >= 0.3 is 0 Å². The molecule has 0 spiro atoms. The molecule has 1 saturated heterocycles. The highest BCUT2D eigenvalue weighted by atomic mass is 16.3. The van der Waals surface area contributed by atoms with E-state index in [1.54, 1.807) is 0 Å². The summed E-state index contributed by atoms with van der Waals surface area (Å²) in [5.41, 5.74) is 2.67. The smallest absolute Gasteiger partial charge is 0.0460 e. The number of hydrogen-bond acceptors (Lipinski definition) is 3. The van der Waals surface area contributed by atoms with Crippen molar-refractivity contribution < 1.29 is 5.11 Å². The van der Waals surface area contributed by atoms with Crippen molar-refractivity contribution in [2.24, 2.45) is 5.92 Å². The van der Waals surface area contributed by atoms with Gasteiger partial charge in [0.2, 0.25) is 0 Å². The summed E-state index contributed by atoms with van der Waals surface area (Å²) in [6.07, 6.45) is 4.59. The van der Waals surface area contributed by atoms with Crippen LogP contribution in [0.4, 0.5) is 5.69 Å². The topological polar surface area (TPSA) is 35.5 Å². The number of anilines is 1. The van der Waals surface area contributed by atoms with Crippen LogP contribution in [0.15, 0.2) is 24.3 Å². The van der Waals surface area contributed by atoms with E-state index in [9.17, 15) is 5.11 Å². The maximum atomic E-state index is 9.20. The predicted octanol–water partition coefficient (Wildman–Crippen LogP) is 3.17. The third kappa shape index (κ3) is 4.72. The van der Waals surface area contributed by atoms with Crippen LogP contribution in [0, 0.1) is 5.92 Å². The Morgan fingerprint density at radius 2 is 1.76 bits per heavy atom. The molecule has 0 bridgehead atoms. The molecule has 1 aliphatic heterocycles. The Kier molecular flexibility index (Phi) is 6.52. The monoisotopic (exact) mass is 290 g/mol. The maximum absolute atomic E-state index is 9.20. The van der Waals surface area contributed by atoms with Gasteiger partial charge in [-0.15, -0.1) is 0 Å². The van der Waals surface area contributed by atoms with Crippen molar-refractivity contribution in [2.75, 3.05) is 24.6 Å². The Hall–Kier alpha value is -1.06. The molecular formula is C18H30N2O. The number of hydrogen-bond donors (Lipinski definition) is 2. The van der Waals surface area contributed by atoms with E-state index in [1.807, 2.05) is 0 Å². The van der Waals surface area contributed by atoms with Crippen molar-refractivity contribution in [3.8, 4) is 0 Å². The van der Waals surface area contributed by atoms with E-state index in [-0.39, 0.29) is 0 Å². The molecule has 3 nitrogen and oxygen atoms in total. The summed E-state index contributed by atoms with van der Waals surface area (Å²) in [5.74, 6) is 0.504. The minimum Gasteiger partial charge on any atom is -0.396 e. The standard InChI is InChI=1S/C18H30N2O/c1-3-17(4-2)19-13-15-5-7-18(8-6-15)20-11-9-16(14-21)10-12-20/h5-8,16-17,19,21H,3-4,9-14H2,1-2H3. The highest BCUT2D eigenvalue weighted by Gasteiger charge is 2.18. The molecule has 3 heteroatoms. The fraction of sp³-hybridized carbons (Fsp3) is 0.667. The molecule has 0 saturated carbocycles. The van der Waals surface area contributed by atoms with Crippen LogP contribution in [0.2, 0.25) is 0 Å². The van der Waals surface area contributed by atoms with Gasteiger partial charge in [-0.25, -0.2) is 0 Å². The van der Waals surface area contributed by atoms with E-state index in [4.69, 9.17) is 0 Å². The van der Waals surface area contributed by atoms with E-state index >= 15 is 0 Å². The van der Waals surface area contributed by atoms with Crippen molar-refractivity contribution in [1.29, 1.82) is 0 Å². The number of nitrogens with zero attached hydrogens (tertiary/aromatic N) is 1. The first-order valence-corrected chi connectivity index (χ1v) is 8.44. The van der Waals surface area contributed by atoms with E-state index in [0.29, 0.717) is 18.6 Å². The molecule has 1 aliphatic rings. The fourth-order valence-electron chi connectivity index (χ4n) is 3.04. The van der Waals surface area contributed by atoms with Gasteiger partial charge < -0.3 is 15.3 Å². The van der Waals surface area contributed by atoms with Gasteiger partial charge in [-0.1, -0.05) is 26.0 Å². The summed E-state index contributed by atoms with van der Waals surface area (Å²) in [6.45, 7) is 7.90. The molecule has 1 aromatic carbocycles. The van der Waals surface area contributed by atoms with E-state index < -0.39 is 0 Å². The lowest BCUT2D eigenvalue weighted by atomic mass is 9.97.